The molecule has 172 valence electrons. The molecular weight excluding hydrogens is 368 g/mol. The first-order valence-corrected chi connectivity index (χ1v) is 12.3. The predicted octanol–water partition coefficient (Wildman–Crippen LogP) is 6.62. The van der Waals surface area contributed by atoms with Crippen molar-refractivity contribution in [1.82, 2.24) is 10.6 Å². The summed E-state index contributed by atoms with van der Waals surface area (Å²) < 4.78 is 0. The van der Waals surface area contributed by atoms with E-state index in [4.69, 9.17) is 5.11 Å². The van der Waals surface area contributed by atoms with Gasteiger partial charge in [-0.15, -0.1) is 12.4 Å². The van der Waals surface area contributed by atoms with E-state index in [1.54, 1.807) is 0 Å². The van der Waals surface area contributed by atoms with Crippen LogP contribution in [0, 0.1) is 0 Å². The van der Waals surface area contributed by atoms with Crippen LogP contribution in [-0.2, 0) is 0 Å². The minimum absolute atomic E-state index is 0. The van der Waals surface area contributed by atoms with Crippen molar-refractivity contribution < 1.29 is 5.11 Å². The Morgan fingerprint density at radius 1 is 0.607 bits per heavy atom. The maximum atomic E-state index is 9.08. The van der Waals surface area contributed by atoms with Gasteiger partial charge in [-0.25, -0.2) is 0 Å². The van der Waals surface area contributed by atoms with Crippen molar-refractivity contribution in [2.75, 3.05) is 26.7 Å². The van der Waals surface area contributed by atoms with Crippen LogP contribution in [-0.4, -0.2) is 37.9 Å². The molecule has 0 amide bonds. The van der Waals surface area contributed by atoms with E-state index in [9.17, 15) is 0 Å². The van der Waals surface area contributed by atoms with E-state index in [0.717, 1.165) is 13.1 Å². The van der Waals surface area contributed by atoms with E-state index in [0.29, 0.717) is 0 Å². The lowest BCUT2D eigenvalue weighted by molar-refractivity contribution is 0.245. The molecular formula is C24H53ClN2O. The molecule has 0 radical (unpaired) electrons. The number of rotatable bonds is 23. The van der Waals surface area contributed by atoms with E-state index in [2.05, 4.69) is 17.6 Å². The number of aliphatic hydroxyl groups excluding tert-OH is 1. The Balaban J connectivity index is 0. The highest BCUT2D eigenvalue weighted by atomic mass is 35.5. The second kappa shape index (κ2) is 27.2. The molecule has 4 heteroatoms. The van der Waals surface area contributed by atoms with Gasteiger partial charge in [0.1, 0.15) is 0 Å². The van der Waals surface area contributed by atoms with Crippen LogP contribution in [0.25, 0.3) is 0 Å². The lowest BCUT2D eigenvalue weighted by Crippen LogP contribution is -2.39. The fourth-order valence-electron chi connectivity index (χ4n) is 3.69. The van der Waals surface area contributed by atoms with Gasteiger partial charge in [-0.2, -0.15) is 0 Å². The molecule has 0 aromatic carbocycles. The maximum absolute atomic E-state index is 9.08. The van der Waals surface area contributed by atoms with Gasteiger partial charge in [0.2, 0.25) is 0 Å². The van der Waals surface area contributed by atoms with Crippen molar-refractivity contribution in [2.24, 2.45) is 0 Å². The second-order valence-electron chi connectivity index (χ2n) is 8.38. The van der Waals surface area contributed by atoms with Crippen molar-refractivity contribution in [1.29, 1.82) is 0 Å². The van der Waals surface area contributed by atoms with Crippen LogP contribution in [0.1, 0.15) is 122 Å². The van der Waals surface area contributed by atoms with Crippen LogP contribution in [0.4, 0.5) is 0 Å². The monoisotopic (exact) mass is 420 g/mol. The molecule has 0 saturated carbocycles. The molecule has 0 saturated heterocycles. The molecule has 0 aliphatic heterocycles. The largest absolute Gasteiger partial charge is 0.395 e. The van der Waals surface area contributed by atoms with Crippen molar-refractivity contribution >= 4 is 12.4 Å². The fourth-order valence-corrected chi connectivity index (χ4v) is 3.69. The topological polar surface area (TPSA) is 44.3 Å². The summed E-state index contributed by atoms with van der Waals surface area (Å²) in [6.45, 7) is 4.45. The molecule has 0 aromatic rings. The van der Waals surface area contributed by atoms with Gasteiger partial charge >= 0.3 is 0 Å². The van der Waals surface area contributed by atoms with E-state index < -0.39 is 0 Å². The van der Waals surface area contributed by atoms with Crippen molar-refractivity contribution in [3.05, 3.63) is 0 Å². The van der Waals surface area contributed by atoms with Crippen molar-refractivity contribution in [2.45, 2.75) is 129 Å². The number of halogens is 1. The Kier molecular flexibility index (Phi) is 29.5. The summed E-state index contributed by atoms with van der Waals surface area (Å²) in [6.07, 6.45) is 25.7. The highest BCUT2D eigenvalue weighted by Crippen LogP contribution is 2.14. The number of nitrogens with one attached hydrogen (secondary N) is 2. The molecule has 3 N–H and O–H groups in total. The van der Waals surface area contributed by atoms with Crippen LogP contribution in [0.3, 0.4) is 0 Å². The Labute approximate surface area is 183 Å². The molecule has 0 spiro atoms. The lowest BCUT2D eigenvalue weighted by Gasteiger charge is -2.13. The van der Waals surface area contributed by atoms with Crippen LogP contribution in [0.5, 0.6) is 0 Å². The molecule has 28 heavy (non-hydrogen) atoms. The highest BCUT2D eigenvalue weighted by molar-refractivity contribution is 5.85. The average Bonchev–Trinajstić information content (AvgIpc) is 2.69. The Hall–Kier alpha value is 0.170. The summed E-state index contributed by atoms with van der Waals surface area (Å²) in [6, 6.07) is 0.195. The van der Waals surface area contributed by atoms with Crippen LogP contribution >= 0.6 is 12.4 Å². The molecule has 1 atom stereocenters. The Morgan fingerprint density at radius 2 is 0.964 bits per heavy atom. The SMILES string of the molecule is CCCCCCCCCCCCCCCCCCCCNC[C@H](CO)NC.Cl. The third kappa shape index (κ3) is 24.2. The molecule has 0 unspecified atom stereocenters. The van der Waals surface area contributed by atoms with Crippen molar-refractivity contribution in [3.63, 3.8) is 0 Å². The minimum Gasteiger partial charge on any atom is -0.395 e. The second-order valence-corrected chi connectivity index (χ2v) is 8.38. The first kappa shape index (κ1) is 30.4. The molecule has 0 fully saturated rings. The van der Waals surface area contributed by atoms with Gasteiger partial charge in [0.15, 0.2) is 0 Å². The number of hydrogen-bond acceptors (Lipinski definition) is 3. The normalized spacial score (nSPS) is 12.1. The lowest BCUT2D eigenvalue weighted by atomic mass is 10.0. The molecule has 0 aliphatic rings. The highest BCUT2D eigenvalue weighted by Gasteiger charge is 2.01. The summed E-state index contributed by atoms with van der Waals surface area (Å²) in [5, 5.41) is 15.6. The first-order chi connectivity index (χ1) is 13.3. The van der Waals surface area contributed by atoms with Gasteiger partial charge in [-0.1, -0.05) is 116 Å². The molecule has 3 nitrogen and oxygen atoms in total. The molecule has 0 heterocycles. The zero-order valence-electron chi connectivity index (χ0n) is 19.3. The summed E-state index contributed by atoms with van der Waals surface area (Å²) >= 11 is 0. The van der Waals surface area contributed by atoms with Gasteiger partial charge in [-0.05, 0) is 20.0 Å². The summed E-state index contributed by atoms with van der Waals surface area (Å²) in [5.41, 5.74) is 0. The summed E-state index contributed by atoms with van der Waals surface area (Å²) in [7, 11) is 1.90. The Bertz CT molecular complexity index is 263. The zero-order valence-corrected chi connectivity index (χ0v) is 20.1. The quantitative estimate of drug-likeness (QED) is 0.163. The first-order valence-electron chi connectivity index (χ1n) is 12.3. The Morgan fingerprint density at radius 3 is 1.29 bits per heavy atom. The fraction of sp³-hybridized carbons (Fsp3) is 1.00. The summed E-state index contributed by atoms with van der Waals surface area (Å²) in [4.78, 5) is 0. The smallest absolute Gasteiger partial charge is 0.0596 e. The van der Waals surface area contributed by atoms with E-state index in [-0.39, 0.29) is 25.1 Å². The number of aliphatic hydroxyl groups is 1. The van der Waals surface area contributed by atoms with Gasteiger partial charge in [-0.3, -0.25) is 0 Å². The van der Waals surface area contributed by atoms with E-state index in [1.165, 1.54) is 116 Å². The predicted molar refractivity (Wildman–Crippen MR) is 129 cm³/mol. The van der Waals surface area contributed by atoms with Crippen molar-refractivity contribution in [3.8, 4) is 0 Å². The maximum Gasteiger partial charge on any atom is 0.0596 e. The van der Waals surface area contributed by atoms with Crippen LogP contribution in [0.2, 0.25) is 0 Å². The third-order valence-corrected chi connectivity index (χ3v) is 5.73. The van der Waals surface area contributed by atoms with Gasteiger partial charge < -0.3 is 15.7 Å². The molecule has 0 aromatic heterocycles. The zero-order chi connectivity index (χ0) is 19.8. The van der Waals surface area contributed by atoms with E-state index >= 15 is 0 Å². The minimum atomic E-state index is 0. The van der Waals surface area contributed by atoms with Gasteiger partial charge in [0.05, 0.1) is 6.61 Å². The van der Waals surface area contributed by atoms with Crippen LogP contribution < -0.4 is 10.6 Å². The average molecular weight is 421 g/mol. The molecule has 0 bridgehead atoms. The van der Waals surface area contributed by atoms with E-state index in [1.807, 2.05) is 7.05 Å². The molecule has 0 aliphatic carbocycles. The molecule has 0 rings (SSSR count). The standard InChI is InChI=1S/C24H52N2O.ClH/c1-3-4-5-6-7-8-9-10-11-12-13-14-15-16-17-18-19-20-21-26-22-24(23-27)25-2;/h24-27H,3-23H2,1-2H3;1H/t24-;/m1./s1. The summed E-state index contributed by atoms with van der Waals surface area (Å²) in [5.74, 6) is 0. The number of unbranched alkanes of at least 4 members (excludes halogenated alkanes) is 17. The number of likely N-dealkylation sites (N-methyl/N-ethyl adjacent to an activating group) is 1. The number of hydrogen-bond donors (Lipinski definition) is 3. The van der Waals surface area contributed by atoms with Crippen LogP contribution in [0.15, 0.2) is 0 Å². The van der Waals surface area contributed by atoms with Gasteiger partial charge in [0, 0.05) is 12.6 Å². The van der Waals surface area contributed by atoms with Gasteiger partial charge in [0.25, 0.3) is 0 Å². The third-order valence-electron chi connectivity index (χ3n) is 5.73.